The van der Waals surface area contributed by atoms with Crippen LogP contribution < -0.4 is 0 Å². The maximum Gasteiger partial charge on any atom is 0.177 e. The van der Waals surface area contributed by atoms with E-state index in [1.165, 1.54) is 6.42 Å². The molecule has 19 heavy (non-hydrogen) atoms. The van der Waals surface area contributed by atoms with E-state index in [0.29, 0.717) is 12.6 Å². The lowest BCUT2D eigenvalue weighted by molar-refractivity contribution is 0.0798. The number of hydrogen-bond acceptors (Lipinski definition) is 3. The first kappa shape index (κ1) is 14.7. The van der Waals surface area contributed by atoms with Gasteiger partial charge in [-0.2, -0.15) is 0 Å². The zero-order valence-electron chi connectivity index (χ0n) is 11.0. The van der Waals surface area contributed by atoms with Crippen molar-refractivity contribution in [2.75, 3.05) is 19.7 Å². The maximum atomic E-state index is 12.3. The molecule has 0 bridgehead atoms. The first-order chi connectivity index (χ1) is 9.22. The predicted molar refractivity (Wildman–Crippen MR) is 79.4 cm³/mol. The van der Waals surface area contributed by atoms with E-state index in [-0.39, 0.29) is 12.4 Å². The fourth-order valence-electron chi connectivity index (χ4n) is 2.70. The molecule has 0 aromatic heterocycles. The van der Waals surface area contributed by atoms with Crippen molar-refractivity contribution in [2.24, 2.45) is 0 Å². The summed E-state index contributed by atoms with van der Waals surface area (Å²) < 4.78 is 0.857. The number of halogens is 1. The largest absolute Gasteiger partial charge is 0.396 e. The summed E-state index contributed by atoms with van der Waals surface area (Å²) in [5.74, 6) is 0.150. The molecule has 1 N–H and O–H groups in total. The lowest BCUT2D eigenvalue weighted by Crippen LogP contribution is -2.43. The quantitative estimate of drug-likeness (QED) is 0.846. The van der Waals surface area contributed by atoms with Crippen LogP contribution in [0.5, 0.6) is 0 Å². The Kier molecular flexibility index (Phi) is 5.55. The molecular formula is C15H20BrNO2. The Labute approximate surface area is 122 Å². The smallest absolute Gasteiger partial charge is 0.177 e. The van der Waals surface area contributed by atoms with Crippen molar-refractivity contribution in [2.45, 2.75) is 31.7 Å². The minimum atomic E-state index is 0.150. The van der Waals surface area contributed by atoms with Gasteiger partial charge >= 0.3 is 0 Å². The van der Waals surface area contributed by atoms with Crippen LogP contribution in [0.3, 0.4) is 0 Å². The van der Waals surface area contributed by atoms with Gasteiger partial charge in [0.15, 0.2) is 5.78 Å². The minimum absolute atomic E-state index is 0.150. The number of piperidine rings is 1. The molecule has 1 aromatic rings. The average molecular weight is 326 g/mol. The van der Waals surface area contributed by atoms with E-state index in [0.717, 1.165) is 35.8 Å². The highest BCUT2D eigenvalue weighted by atomic mass is 79.9. The van der Waals surface area contributed by atoms with Gasteiger partial charge in [-0.05, 0) is 31.9 Å². The fourth-order valence-corrected chi connectivity index (χ4v) is 3.21. The van der Waals surface area contributed by atoms with E-state index in [9.17, 15) is 4.79 Å². The highest BCUT2D eigenvalue weighted by molar-refractivity contribution is 9.10. The summed E-state index contributed by atoms with van der Waals surface area (Å²) in [5.41, 5.74) is 0.746. The second-order valence-electron chi connectivity index (χ2n) is 5.04. The van der Waals surface area contributed by atoms with Crippen molar-refractivity contribution in [3.8, 4) is 0 Å². The van der Waals surface area contributed by atoms with E-state index >= 15 is 0 Å². The third kappa shape index (κ3) is 3.88. The highest BCUT2D eigenvalue weighted by Crippen LogP contribution is 2.22. The summed E-state index contributed by atoms with van der Waals surface area (Å²) in [6.45, 7) is 1.61. The van der Waals surface area contributed by atoms with Crippen LogP contribution in [0, 0.1) is 0 Å². The number of aliphatic hydroxyl groups excluding tert-OH is 1. The van der Waals surface area contributed by atoms with Crippen LogP contribution >= 0.6 is 15.9 Å². The first-order valence-corrected chi connectivity index (χ1v) is 7.64. The summed E-state index contributed by atoms with van der Waals surface area (Å²) in [6.07, 6.45) is 4.20. The molecule has 1 aromatic carbocycles. The molecular weight excluding hydrogens is 306 g/mol. The van der Waals surface area contributed by atoms with Gasteiger partial charge < -0.3 is 5.11 Å². The molecule has 1 saturated heterocycles. The predicted octanol–water partition coefficient (Wildman–Crippen LogP) is 2.87. The van der Waals surface area contributed by atoms with E-state index < -0.39 is 0 Å². The molecule has 4 heteroatoms. The van der Waals surface area contributed by atoms with Crippen molar-refractivity contribution < 1.29 is 9.90 Å². The number of carbonyl (C=O) groups is 1. The molecule has 1 fully saturated rings. The lowest BCUT2D eigenvalue weighted by atomic mass is 9.98. The van der Waals surface area contributed by atoms with Gasteiger partial charge in [0.25, 0.3) is 0 Å². The topological polar surface area (TPSA) is 40.5 Å². The Morgan fingerprint density at radius 2 is 2.16 bits per heavy atom. The minimum Gasteiger partial charge on any atom is -0.396 e. The van der Waals surface area contributed by atoms with Crippen molar-refractivity contribution in [1.29, 1.82) is 0 Å². The van der Waals surface area contributed by atoms with Gasteiger partial charge in [-0.25, -0.2) is 0 Å². The molecule has 0 saturated carbocycles. The molecule has 1 aliphatic rings. The molecule has 3 nitrogen and oxygen atoms in total. The van der Waals surface area contributed by atoms with Gasteiger partial charge in [0, 0.05) is 22.7 Å². The normalized spacial score (nSPS) is 20.4. The molecule has 1 unspecified atom stereocenters. The Hall–Kier alpha value is -0.710. The standard InChI is InChI=1S/C15H20BrNO2/c16-14-7-2-1-6-13(14)15(19)11-17-9-4-3-5-12(17)8-10-18/h1-2,6-7,12,18H,3-5,8-11H2. The van der Waals surface area contributed by atoms with Crippen LogP contribution in [-0.2, 0) is 0 Å². The number of aliphatic hydroxyl groups is 1. The van der Waals surface area contributed by atoms with Gasteiger partial charge in [0.1, 0.15) is 0 Å². The maximum absolute atomic E-state index is 12.3. The molecule has 0 radical (unpaired) electrons. The molecule has 1 aliphatic heterocycles. The second-order valence-corrected chi connectivity index (χ2v) is 5.89. The molecule has 1 heterocycles. The van der Waals surface area contributed by atoms with Crippen LogP contribution in [0.15, 0.2) is 28.7 Å². The third-order valence-corrected chi connectivity index (χ3v) is 4.42. The summed E-state index contributed by atoms with van der Waals surface area (Å²) in [5, 5.41) is 9.11. The summed E-state index contributed by atoms with van der Waals surface area (Å²) >= 11 is 3.43. The number of benzene rings is 1. The SMILES string of the molecule is O=C(CN1CCCCC1CCO)c1ccccc1Br. The summed E-state index contributed by atoms with van der Waals surface area (Å²) in [4.78, 5) is 14.6. The fraction of sp³-hybridized carbons (Fsp3) is 0.533. The summed E-state index contributed by atoms with van der Waals surface area (Å²) in [6, 6.07) is 7.91. The first-order valence-electron chi connectivity index (χ1n) is 6.85. The Balaban J connectivity index is 2.03. The van der Waals surface area contributed by atoms with Crippen LogP contribution in [0.2, 0.25) is 0 Å². The van der Waals surface area contributed by atoms with Crippen LogP contribution in [0.25, 0.3) is 0 Å². The number of rotatable bonds is 5. The van der Waals surface area contributed by atoms with Gasteiger partial charge in [-0.3, -0.25) is 9.69 Å². The highest BCUT2D eigenvalue weighted by Gasteiger charge is 2.24. The molecule has 0 spiro atoms. The van der Waals surface area contributed by atoms with Crippen LogP contribution in [0.1, 0.15) is 36.0 Å². The van der Waals surface area contributed by atoms with Crippen molar-refractivity contribution in [1.82, 2.24) is 4.90 Å². The molecule has 0 aliphatic carbocycles. The second kappa shape index (κ2) is 7.17. The van der Waals surface area contributed by atoms with Crippen LogP contribution in [0.4, 0.5) is 0 Å². The number of nitrogens with zero attached hydrogens (tertiary/aromatic N) is 1. The van der Waals surface area contributed by atoms with E-state index in [4.69, 9.17) is 5.11 Å². The number of carbonyl (C=O) groups excluding carboxylic acids is 1. The van der Waals surface area contributed by atoms with Crippen molar-refractivity contribution in [3.63, 3.8) is 0 Å². The average Bonchev–Trinajstić information content (AvgIpc) is 2.41. The van der Waals surface area contributed by atoms with Crippen LogP contribution in [-0.4, -0.2) is 41.5 Å². The number of Topliss-reactive ketones (excluding diaryl/α,β-unsaturated/α-hetero) is 1. The number of likely N-dealkylation sites (tertiary alicyclic amines) is 1. The number of hydrogen-bond donors (Lipinski definition) is 1. The Morgan fingerprint density at radius 3 is 2.89 bits per heavy atom. The third-order valence-electron chi connectivity index (χ3n) is 3.73. The van der Waals surface area contributed by atoms with Gasteiger partial charge in [-0.15, -0.1) is 0 Å². The molecule has 0 amide bonds. The monoisotopic (exact) mass is 325 g/mol. The molecule has 1 atom stereocenters. The molecule has 2 rings (SSSR count). The Morgan fingerprint density at radius 1 is 1.37 bits per heavy atom. The zero-order valence-corrected chi connectivity index (χ0v) is 12.6. The van der Waals surface area contributed by atoms with E-state index in [2.05, 4.69) is 20.8 Å². The van der Waals surface area contributed by atoms with E-state index in [1.807, 2.05) is 24.3 Å². The van der Waals surface area contributed by atoms with Gasteiger partial charge in [0.2, 0.25) is 0 Å². The Bertz CT molecular complexity index is 434. The van der Waals surface area contributed by atoms with Gasteiger partial charge in [-0.1, -0.05) is 40.5 Å². The molecule has 104 valence electrons. The lowest BCUT2D eigenvalue weighted by Gasteiger charge is -2.35. The van der Waals surface area contributed by atoms with Gasteiger partial charge in [0.05, 0.1) is 6.54 Å². The van der Waals surface area contributed by atoms with E-state index in [1.54, 1.807) is 0 Å². The summed E-state index contributed by atoms with van der Waals surface area (Å²) in [7, 11) is 0. The zero-order chi connectivity index (χ0) is 13.7. The van der Waals surface area contributed by atoms with Crippen molar-refractivity contribution in [3.05, 3.63) is 34.3 Å². The van der Waals surface area contributed by atoms with Crippen molar-refractivity contribution >= 4 is 21.7 Å². The number of ketones is 1.